The van der Waals surface area contributed by atoms with Crippen LogP contribution < -0.4 is 0 Å². The summed E-state index contributed by atoms with van der Waals surface area (Å²) < 4.78 is 5.38. The molecule has 112 valence electrons. The van der Waals surface area contributed by atoms with Gasteiger partial charge < -0.3 is 9.63 Å². The molecule has 6 heteroatoms. The van der Waals surface area contributed by atoms with Crippen LogP contribution in [0.3, 0.4) is 0 Å². The number of carboxylic acid groups (broad SMARTS) is 1. The summed E-state index contributed by atoms with van der Waals surface area (Å²) in [6.45, 7) is 6.41. The molecule has 1 saturated carbocycles. The summed E-state index contributed by atoms with van der Waals surface area (Å²) in [6.07, 6.45) is 3.70. The Morgan fingerprint density at radius 1 is 1.40 bits per heavy atom. The molecule has 0 unspecified atom stereocenters. The Morgan fingerprint density at radius 2 is 2.05 bits per heavy atom. The fourth-order valence-electron chi connectivity index (χ4n) is 2.51. The molecular formula is C14H22N2O3S. The van der Waals surface area contributed by atoms with Gasteiger partial charge >= 0.3 is 5.97 Å². The lowest BCUT2D eigenvalue weighted by Crippen LogP contribution is -2.30. The van der Waals surface area contributed by atoms with Crippen LogP contribution in [0.5, 0.6) is 0 Å². The van der Waals surface area contributed by atoms with Crippen molar-refractivity contribution in [2.24, 2.45) is 5.41 Å². The van der Waals surface area contributed by atoms with Crippen molar-refractivity contribution < 1.29 is 14.4 Å². The van der Waals surface area contributed by atoms with Crippen LogP contribution in [0.1, 0.15) is 58.2 Å². The molecule has 0 radical (unpaired) electrons. The van der Waals surface area contributed by atoms with Crippen LogP contribution in [0.2, 0.25) is 0 Å². The molecule has 0 aliphatic heterocycles. The van der Waals surface area contributed by atoms with E-state index in [0.717, 1.165) is 12.8 Å². The zero-order valence-electron chi connectivity index (χ0n) is 12.3. The smallest absolute Gasteiger partial charge is 0.310 e. The third kappa shape index (κ3) is 3.75. The average molecular weight is 298 g/mol. The summed E-state index contributed by atoms with van der Waals surface area (Å²) in [5.74, 6) is 1.06. The maximum absolute atomic E-state index is 11.5. The van der Waals surface area contributed by atoms with Crippen molar-refractivity contribution in [3.05, 3.63) is 11.7 Å². The van der Waals surface area contributed by atoms with E-state index in [1.54, 1.807) is 11.8 Å². The number of hydrogen-bond donors (Lipinski definition) is 1. The van der Waals surface area contributed by atoms with Crippen LogP contribution in [0.4, 0.5) is 0 Å². The van der Waals surface area contributed by atoms with Crippen molar-refractivity contribution in [2.45, 2.75) is 63.4 Å². The monoisotopic (exact) mass is 298 g/mol. The molecule has 0 aromatic carbocycles. The minimum Gasteiger partial charge on any atom is -0.481 e. The summed E-state index contributed by atoms with van der Waals surface area (Å²) in [5, 5.41) is 13.4. The van der Waals surface area contributed by atoms with Crippen molar-refractivity contribution >= 4 is 17.7 Å². The van der Waals surface area contributed by atoms with E-state index >= 15 is 0 Å². The van der Waals surface area contributed by atoms with Crippen LogP contribution in [0, 0.1) is 5.41 Å². The molecule has 5 nitrogen and oxygen atoms in total. The van der Waals surface area contributed by atoms with E-state index in [2.05, 4.69) is 30.9 Å². The number of aliphatic carboxylic acids is 1. The van der Waals surface area contributed by atoms with E-state index in [0.29, 0.717) is 36.7 Å². The summed E-state index contributed by atoms with van der Waals surface area (Å²) in [6, 6.07) is 0. The summed E-state index contributed by atoms with van der Waals surface area (Å²) in [5.41, 5.74) is -0.693. The molecule has 0 atom stereocenters. The van der Waals surface area contributed by atoms with Gasteiger partial charge in [0.15, 0.2) is 5.82 Å². The van der Waals surface area contributed by atoms with Crippen LogP contribution in [0.15, 0.2) is 4.52 Å². The average Bonchev–Trinajstić information content (AvgIpc) is 2.96. The fraction of sp³-hybridized carbons (Fsp3) is 0.786. The first kappa shape index (κ1) is 15.4. The molecule has 2 rings (SSSR count). The Balaban J connectivity index is 2.00. The van der Waals surface area contributed by atoms with E-state index in [4.69, 9.17) is 4.52 Å². The maximum atomic E-state index is 11.5. The zero-order valence-corrected chi connectivity index (χ0v) is 13.1. The van der Waals surface area contributed by atoms with Crippen LogP contribution >= 0.6 is 11.8 Å². The standard InChI is InChI=1S/C14H22N2O3S/c1-13(2,3)20-9-10-15-11(19-16-10)8-14(12(17)18)6-4-5-7-14/h4-9H2,1-3H3,(H,17,18). The third-order valence-electron chi connectivity index (χ3n) is 3.65. The molecule has 1 aromatic rings. The van der Waals surface area contributed by atoms with Gasteiger partial charge in [-0.1, -0.05) is 38.8 Å². The van der Waals surface area contributed by atoms with Gasteiger partial charge in [0.2, 0.25) is 5.89 Å². The van der Waals surface area contributed by atoms with Crippen molar-refractivity contribution in [1.29, 1.82) is 0 Å². The van der Waals surface area contributed by atoms with Gasteiger partial charge in [0.05, 0.1) is 11.2 Å². The van der Waals surface area contributed by atoms with E-state index < -0.39 is 11.4 Å². The van der Waals surface area contributed by atoms with E-state index in [-0.39, 0.29) is 4.75 Å². The third-order valence-corrected chi connectivity index (χ3v) is 4.92. The normalized spacial score (nSPS) is 18.4. The lowest BCUT2D eigenvalue weighted by Gasteiger charge is -2.21. The van der Waals surface area contributed by atoms with Gasteiger partial charge in [-0.15, -0.1) is 11.8 Å². The zero-order chi connectivity index (χ0) is 14.8. The minimum atomic E-state index is -0.737. The Bertz CT molecular complexity index is 473. The van der Waals surface area contributed by atoms with Crippen molar-refractivity contribution in [3.8, 4) is 0 Å². The number of hydrogen-bond acceptors (Lipinski definition) is 5. The fourth-order valence-corrected chi connectivity index (χ4v) is 3.19. The molecule has 0 bridgehead atoms. The highest BCUT2D eigenvalue weighted by Crippen LogP contribution is 2.41. The van der Waals surface area contributed by atoms with Crippen molar-refractivity contribution in [1.82, 2.24) is 10.1 Å². The lowest BCUT2D eigenvalue weighted by atomic mass is 9.83. The van der Waals surface area contributed by atoms with Gasteiger partial charge in [0.1, 0.15) is 0 Å². The number of carbonyl (C=O) groups is 1. The minimum absolute atomic E-state index is 0.147. The predicted molar refractivity (Wildman–Crippen MR) is 77.6 cm³/mol. The van der Waals surface area contributed by atoms with E-state index in [1.807, 2.05) is 0 Å². The Labute approximate surface area is 123 Å². The highest BCUT2D eigenvalue weighted by atomic mass is 32.2. The van der Waals surface area contributed by atoms with E-state index in [1.165, 1.54) is 0 Å². The highest BCUT2D eigenvalue weighted by molar-refractivity contribution is 7.99. The Kier molecular flexibility index (Phi) is 4.42. The largest absolute Gasteiger partial charge is 0.481 e. The van der Waals surface area contributed by atoms with Crippen LogP contribution in [0.25, 0.3) is 0 Å². The quantitative estimate of drug-likeness (QED) is 0.899. The van der Waals surface area contributed by atoms with Gasteiger partial charge in [0.25, 0.3) is 0 Å². The number of thioether (sulfide) groups is 1. The lowest BCUT2D eigenvalue weighted by molar-refractivity contribution is -0.148. The molecule has 1 N–H and O–H groups in total. The summed E-state index contributed by atoms with van der Waals surface area (Å²) in [4.78, 5) is 15.8. The maximum Gasteiger partial charge on any atom is 0.310 e. The Morgan fingerprint density at radius 3 is 2.60 bits per heavy atom. The molecule has 0 saturated heterocycles. The molecule has 1 aliphatic carbocycles. The van der Waals surface area contributed by atoms with Crippen molar-refractivity contribution in [2.75, 3.05) is 0 Å². The van der Waals surface area contributed by atoms with Gasteiger partial charge in [-0.05, 0) is 12.8 Å². The van der Waals surface area contributed by atoms with Gasteiger partial charge in [-0.2, -0.15) is 4.98 Å². The molecule has 1 aliphatic rings. The topological polar surface area (TPSA) is 76.2 Å². The highest BCUT2D eigenvalue weighted by Gasteiger charge is 2.42. The van der Waals surface area contributed by atoms with Crippen molar-refractivity contribution in [3.63, 3.8) is 0 Å². The van der Waals surface area contributed by atoms with Gasteiger partial charge in [-0.3, -0.25) is 4.79 Å². The second-order valence-corrected chi connectivity index (χ2v) is 8.28. The number of carboxylic acids is 1. The first-order chi connectivity index (χ1) is 9.31. The molecule has 0 spiro atoms. The van der Waals surface area contributed by atoms with Crippen LogP contribution in [-0.2, 0) is 17.0 Å². The number of aromatic nitrogens is 2. The molecule has 20 heavy (non-hydrogen) atoms. The molecule has 0 amide bonds. The predicted octanol–water partition coefficient (Wildman–Crippen LogP) is 3.29. The molecule has 1 heterocycles. The second-order valence-electron chi connectivity index (χ2n) is 6.47. The summed E-state index contributed by atoms with van der Waals surface area (Å²) in [7, 11) is 0. The van der Waals surface area contributed by atoms with Gasteiger partial charge in [0, 0.05) is 11.2 Å². The van der Waals surface area contributed by atoms with E-state index in [9.17, 15) is 9.90 Å². The number of rotatable bonds is 5. The Hall–Kier alpha value is -1.04. The SMILES string of the molecule is CC(C)(C)SCc1noc(CC2(C(=O)O)CCCC2)n1. The molecular weight excluding hydrogens is 276 g/mol. The molecule has 1 fully saturated rings. The van der Waals surface area contributed by atoms with Crippen LogP contribution in [-0.4, -0.2) is 26.0 Å². The second kappa shape index (κ2) is 5.76. The van der Waals surface area contributed by atoms with Gasteiger partial charge in [-0.25, -0.2) is 0 Å². The first-order valence-electron chi connectivity index (χ1n) is 7.00. The first-order valence-corrected chi connectivity index (χ1v) is 7.98. The summed E-state index contributed by atoms with van der Waals surface area (Å²) >= 11 is 1.75. The number of nitrogens with zero attached hydrogens (tertiary/aromatic N) is 2. The molecule has 1 aromatic heterocycles.